The first-order valence-electron chi connectivity index (χ1n) is 7.14. The minimum absolute atomic E-state index is 0.164. The number of rotatable bonds is 3. The van der Waals surface area contributed by atoms with Crippen LogP contribution in [0.4, 0.5) is 4.39 Å². The molecule has 0 unspecified atom stereocenters. The maximum atomic E-state index is 13.3. The molecule has 0 saturated heterocycles. The van der Waals surface area contributed by atoms with E-state index in [1.165, 1.54) is 12.1 Å². The third kappa shape index (κ3) is 2.60. The van der Waals surface area contributed by atoms with Gasteiger partial charge in [-0.2, -0.15) is 0 Å². The number of fused-ring (bicyclic) bond motifs is 1. The summed E-state index contributed by atoms with van der Waals surface area (Å²) in [5.41, 5.74) is 3.46. The molecule has 0 bridgehead atoms. The van der Waals surface area contributed by atoms with E-state index in [0.29, 0.717) is 17.8 Å². The fraction of sp³-hybridized carbons (Fsp3) is 0.167. The van der Waals surface area contributed by atoms with Gasteiger partial charge in [0.15, 0.2) is 0 Å². The number of hydrogen-bond donors (Lipinski definition) is 1. The van der Waals surface area contributed by atoms with Crippen LogP contribution in [0.1, 0.15) is 21.6 Å². The molecular weight excluding hydrogens is 279 g/mol. The van der Waals surface area contributed by atoms with Crippen LogP contribution in [0.5, 0.6) is 0 Å². The highest BCUT2D eigenvalue weighted by atomic mass is 19.1. The first-order chi connectivity index (χ1) is 10.6. The van der Waals surface area contributed by atoms with Crippen LogP contribution in [0.3, 0.4) is 0 Å². The Morgan fingerprint density at radius 3 is 2.73 bits per heavy atom. The van der Waals surface area contributed by atoms with Gasteiger partial charge in [-0.1, -0.05) is 24.3 Å². The lowest BCUT2D eigenvalue weighted by Crippen LogP contribution is -2.25. The number of carbonyl (C=O) groups excluding carboxylic acids is 1. The molecule has 112 valence electrons. The molecule has 4 heteroatoms. The van der Waals surface area contributed by atoms with Crippen molar-refractivity contribution >= 4 is 16.8 Å². The number of aryl methyl sites for hydroxylation is 2. The van der Waals surface area contributed by atoms with Gasteiger partial charge in [-0.05, 0) is 42.3 Å². The van der Waals surface area contributed by atoms with Gasteiger partial charge in [0.05, 0.1) is 5.52 Å². The summed E-state index contributed by atoms with van der Waals surface area (Å²) < 4.78 is 15.0. The Kier molecular flexibility index (Phi) is 3.67. The number of aromatic nitrogens is 1. The van der Waals surface area contributed by atoms with Crippen molar-refractivity contribution in [1.82, 2.24) is 9.88 Å². The molecule has 3 nitrogen and oxygen atoms in total. The molecule has 22 heavy (non-hydrogen) atoms. The highest BCUT2D eigenvalue weighted by Gasteiger charge is 2.13. The van der Waals surface area contributed by atoms with Crippen molar-refractivity contribution in [3.8, 4) is 0 Å². The minimum Gasteiger partial charge on any atom is -0.347 e. The van der Waals surface area contributed by atoms with E-state index in [1.807, 2.05) is 31.2 Å². The molecule has 1 amide bonds. The first kappa shape index (κ1) is 14.3. The zero-order chi connectivity index (χ0) is 15.7. The number of halogens is 1. The predicted molar refractivity (Wildman–Crippen MR) is 85.2 cm³/mol. The summed E-state index contributed by atoms with van der Waals surface area (Å²) in [6, 6.07) is 14.2. The average Bonchev–Trinajstić information content (AvgIpc) is 2.83. The second-order valence-electron chi connectivity index (χ2n) is 5.40. The van der Waals surface area contributed by atoms with Crippen LogP contribution in [0, 0.1) is 12.7 Å². The molecule has 0 fully saturated rings. The van der Waals surface area contributed by atoms with E-state index in [9.17, 15) is 9.18 Å². The molecule has 3 rings (SSSR count). The molecule has 0 radical (unpaired) electrons. The Morgan fingerprint density at radius 2 is 1.95 bits per heavy atom. The van der Waals surface area contributed by atoms with Crippen molar-refractivity contribution < 1.29 is 9.18 Å². The van der Waals surface area contributed by atoms with Gasteiger partial charge in [-0.15, -0.1) is 0 Å². The van der Waals surface area contributed by atoms with Gasteiger partial charge in [0, 0.05) is 19.0 Å². The number of carbonyl (C=O) groups is 1. The molecule has 0 atom stereocenters. The number of hydrogen-bond acceptors (Lipinski definition) is 1. The van der Waals surface area contributed by atoms with E-state index in [2.05, 4.69) is 5.32 Å². The quantitative estimate of drug-likeness (QED) is 0.788. The maximum absolute atomic E-state index is 13.3. The van der Waals surface area contributed by atoms with Gasteiger partial charge in [-0.3, -0.25) is 4.79 Å². The van der Waals surface area contributed by atoms with E-state index in [1.54, 1.807) is 23.7 Å². The Balaban J connectivity index is 1.83. The highest BCUT2D eigenvalue weighted by Crippen LogP contribution is 2.20. The van der Waals surface area contributed by atoms with Gasteiger partial charge < -0.3 is 9.88 Å². The number of nitrogens with one attached hydrogen (secondary N) is 1. The Labute approximate surface area is 128 Å². The van der Waals surface area contributed by atoms with E-state index in [-0.39, 0.29) is 11.7 Å². The monoisotopic (exact) mass is 296 g/mol. The molecule has 1 heterocycles. The topological polar surface area (TPSA) is 34.0 Å². The first-order valence-corrected chi connectivity index (χ1v) is 7.14. The molecule has 0 saturated carbocycles. The van der Waals surface area contributed by atoms with Crippen LogP contribution >= 0.6 is 0 Å². The van der Waals surface area contributed by atoms with Crippen molar-refractivity contribution in [1.29, 1.82) is 0 Å². The zero-order valence-corrected chi connectivity index (χ0v) is 12.6. The molecule has 0 aliphatic heterocycles. The lowest BCUT2D eigenvalue weighted by molar-refractivity contribution is 0.0943. The van der Waals surface area contributed by atoms with Crippen molar-refractivity contribution in [2.75, 3.05) is 0 Å². The summed E-state index contributed by atoms with van der Waals surface area (Å²) >= 11 is 0. The molecular formula is C18H17FN2O. The molecule has 1 aromatic heterocycles. The predicted octanol–water partition coefficient (Wildman–Crippen LogP) is 3.56. The summed E-state index contributed by atoms with van der Waals surface area (Å²) in [6.45, 7) is 2.49. The highest BCUT2D eigenvalue weighted by molar-refractivity contribution is 5.98. The minimum atomic E-state index is -0.305. The Morgan fingerprint density at radius 1 is 1.18 bits per heavy atom. The lowest BCUT2D eigenvalue weighted by Gasteiger charge is -2.08. The Bertz CT molecular complexity index is 851. The number of amides is 1. The fourth-order valence-corrected chi connectivity index (χ4v) is 2.60. The molecule has 1 N–H and O–H groups in total. The third-order valence-corrected chi connectivity index (χ3v) is 3.94. The molecule has 2 aromatic carbocycles. The molecule has 0 spiro atoms. The summed E-state index contributed by atoms with van der Waals surface area (Å²) in [5, 5.41) is 3.77. The summed E-state index contributed by atoms with van der Waals surface area (Å²) in [6.07, 6.45) is 0. The third-order valence-electron chi connectivity index (χ3n) is 3.94. The lowest BCUT2D eigenvalue weighted by atomic mass is 10.1. The van der Waals surface area contributed by atoms with Crippen molar-refractivity contribution in [2.24, 2.45) is 7.05 Å². The summed E-state index contributed by atoms with van der Waals surface area (Å²) in [7, 11) is 1.77. The number of nitrogens with zero attached hydrogens (tertiary/aromatic N) is 1. The zero-order valence-electron chi connectivity index (χ0n) is 12.6. The van der Waals surface area contributed by atoms with Crippen LogP contribution in [0.25, 0.3) is 10.9 Å². The van der Waals surface area contributed by atoms with Crippen molar-refractivity contribution in [2.45, 2.75) is 13.5 Å². The second kappa shape index (κ2) is 5.64. The van der Waals surface area contributed by atoms with Crippen LogP contribution in [-0.2, 0) is 13.6 Å². The summed E-state index contributed by atoms with van der Waals surface area (Å²) in [4.78, 5) is 12.4. The average molecular weight is 296 g/mol. The Hall–Kier alpha value is -2.62. The van der Waals surface area contributed by atoms with Crippen LogP contribution in [0.15, 0.2) is 48.5 Å². The fourth-order valence-electron chi connectivity index (χ4n) is 2.60. The SMILES string of the molecule is Cc1ccccc1CNC(=O)c1cc2ccc(F)cc2n1C. The van der Waals surface area contributed by atoms with Gasteiger partial charge >= 0.3 is 0 Å². The maximum Gasteiger partial charge on any atom is 0.268 e. The van der Waals surface area contributed by atoms with E-state index < -0.39 is 0 Å². The largest absolute Gasteiger partial charge is 0.347 e. The van der Waals surface area contributed by atoms with E-state index in [0.717, 1.165) is 16.5 Å². The standard InChI is InChI=1S/C18H17FN2O/c1-12-5-3-4-6-14(12)11-20-18(22)17-9-13-7-8-15(19)10-16(13)21(17)2/h3-10H,11H2,1-2H3,(H,20,22). The second-order valence-corrected chi connectivity index (χ2v) is 5.40. The van der Waals surface area contributed by atoms with Crippen LogP contribution in [-0.4, -0.2) is 10.5 Å². The number of benzene rings is 2. The normalized spacial score (nSPS) is 10.9. The molecule has 3 aromatic rings. The van der Waals surface area contributed by atoms with Crippen LogP contribution in [0.2, 0.25) is 0 Å². The van der Waals surface area contributed by atoms with Gasteiger partial charge in [0.1, 0.15) is 11.5 Å². The summed E-state index contributed by atoms with van der Waals surface area (Å²) in [5.74, 6) is -0.470. The van der Waals surface area contributed by atoms with Gasteiger partial charge in [0.2, 0.25) is 0 Å². The van der Waals surface area contributed by atoms with Crippen molar-refractivity contribution in [3.05, 3.63) is 71.2 Å². The van der Waals surface area contributed by atoms with E-state index >= 15 is 0 Å². The van der Waals surface area contributed by atoms with Gasteiger partial charge in [-0.25, -0.2) is 4.39 Å². The molecule has 0 aliphatic rings. The van der Waals surface area contributed by atoms with E-state index in [4.69, 9.17) is 0 Å². The van der Waals surface area contributed by atoms with Crippen LogP contribution < -0.4 is 5.32 Å². The smallest absolute Gasteiger partial charge is 0.268 e. The van der Waals surface area contributed by atoms with Gasteiger partial charge in [0.25, 0.3) is 5.91 Å². The molecule has 0 aliphatic carbocycles. The van der Waals surface area contributed by atoms with Crippen molar-refractivity contribution in [3.63, 3.8) is 0 Å².